The lowest BCUT2D eigenvalue weighted by Crippen LogP contribution is -2.15. The molecule has 0 atom stereocenters. The maximum absolute atomic E-state index is 12.3. The molecule has 0 aliphatic rings. The van der Waals surface area contributed by atoms with Crippen molar-refractivity contribution < 1.29 is 9.72 Å². The van der Waals surface area contributed by atoms with Crippen molar-refractivity contribution in [2.24, 2.45) is 0 Å². The zero-order valence-corrected chi connectivity index (χ0v) is 17.6. The SMILES string of the molecule is Cc1ccc(C)c(-n2ccnc2SCC(=O)Nc2ccc([N+](=O)[O-])cc2Br)c1. The standard InChI is InChI=1S/C19H17BrN4O3S/c1-12-3-4-13(2)17(9-12)23-8-7-21-19(23)28-11-18(25)22-16-6-5-14(24(26)27)10-15(16)20/h3-10H,11H2,1-2H3,(H,22,25). The van der Waals surface area contributed by atoms with Gasteiger partial charge in [0, 0.05) is 29.0 Å². The molecule has 0 radical (unpaired) electrons. The number of aromatic nitrogens is 2. The Balaban J connectivity index is 1.69. The highest BCUT2D eigenvalue weighted by molar-refractivity contribution is 9.10. The number of imidazole rings is 1. The number of anilines is 1. The first-order chi connectivity index (χ1) is 13.3. The van der Waals surface area contributed by atoms with E-state index in [1.807, 2.05) is 24.6 Å². The molecule has 1 aromatic heterocycles. The summed E-state index contributed by atoms with van der Waals surface area (Å²) in [5.41, 5.74) is 3.72. The molecule has 0 spiro atoms. The number of carbonyl (C=O) groups is 1. The number of rotatable bonds is 6. The number of hydrogen-bond acceptors (Lipinski definition) is 5. The van der Waals surface area contributed by atoms with Crippen LogP contribution in [-0.4, -0.2) is 26.1 Å². The number of amides is 1. The zero-order chi connectivity index (χ0) is 20.3. The lowest BCUT2D eigenvalue weighted by Gasteiger charge is -2.12. The van der Waals surface area contributed by atoms with Crippen molar-refractivity contribution in [3.63, 3.8) is 0 Å². The number of nitro groups is 1. The van der Waals surface area contributed by atoms with Gasteiger partial charge in [0.25, 0.3) is 5.69 Å². The number of benzene rings is 2. The molecule has 1 heterocycles. The number of nitro benzene ring substituents is 1. The number of non-ortho nitro benzene ring substituents is 1. The van der Waals surface area contributed by atoms with E-state index >= 15 is 0 Å². The van der Waals surface area contributed by atoms with E-state index in [4.69, 9.17) is 0 Å². The highest BCUT2D eigenvalue weighted by atomic mass is 79.9. The number of thioether (sulfide) groups is 1. The second-order valence-corrected chi connectivity index (χ2v) is 7.92. The lowest BCUT2D eigenvalue weighted by molar-refractivity contribution is -0.384. The third-order valence-corrected chi connectivity index (χ3v) is 5.62. The van der Waals surface area contributed by atoms with Crippen LogP contribution in [0.4, 0.5) is 11.4 Å². The summed E-state index contributed by atoms with van der Waals surface area (Å²) >= 11 is 4.57. The summed E-state index contributed by atoms with van der Waals surface area (Å²) in [5, 5.41) is 14.3. The summed E-state index contributed by atoms with van der Waals surface area (Å²) in [4.78, 5) is 27.0. The minimum Gasteiger partial charge on any atom is -0.324 e. The smallest absolute Gasteiger partial charge is 0.270 e. The van der Waals surface area contributed by atoms with Gasteiger partial charge < -0.3 is 5.32 Å². The van der Waals surface area contributed by atoms with E-state index in [0.717, 1.165) is 16.8 Å². The number of aryl methyl sites for hydroxylation is 2. The molecule has 3 aromatic rings. The van der Waals surface area contributed by atoms with Gasteiger partial charge in [-0.05, 0) is 53.0 Å². The van der Waals surface area contributed by atoms with Crippen LogP contribution in [0.25, 0.3) is 5.69 Å². The predicted octanol–water partition coefficient (Wildman–Crippen LogP) is 4.89. The second kappa shape index (κ2) is 8.57. The topological polar surface area (TPSA) is 90.1 Å². The van der Waals surface area contributed by atoms with Gasteiger partial charge in [-0.15, -0.1) is 0 Å². The van der Waals surface area contributed by atoms with Crippen molar-refractivity contribution in [2.45, 2.75) is 19.0 Å². The van der Waals surface area contributed by atoms with Crippen molar-refractivity contribution >= 4 is 45.0 Å². The van der Waals surface area contributed by atoms with E-state index < -0.39 is 4.92 Å². The fourth-order valence-electron chi connectivity index (χ4n) is 2.59. The maximum Gasteiger partial charge on any atom is 0.270 e. The Hall–Kier alpha value is -2.65. The summed E-state index contributed by atoms with van der Waals surface area (Å²) in [5.74, 6) is -0.0687. The molecule has 0 saturated carbocycles. The molecule has 9 heteroatoms. The number of halogens is 1. The monoisotopic (exact) mass is 460 g/mol. The molecule has 7 nitrogen and oxygen atoms in total. The number of hydrogen-bond donors (Lipinski definition) is 1. The third kappa shape index (κ3) is 4.60. The lowest BCUT2D eigenvalue weighted by atomic mass is 10.1. The van der Waals surface area contributed by atoms with Crippen molar-refractivity contribution in [2.75, 3.05) is 11.1 Å². The molecular weight excluding hydrogens is 444 g/mol. The first-order valence-corrected chi connectivity index (χ1v) is 10.1. The quantitative estimate of drug-likeness (QED) is 0.321. The Kier molecular flexibility index (Phi) is 6.15. The zero-order valence-electron chi connectivity index (χ0n) is 15.2. The summed E-state index contributed by atoms with van der Waals surface area (Å²) < 4.78 is 2.42. The Morgan fingerprint density at radius 2 is 2.07 bits per heavy atom. The van der Waals surface area contributed by atoms with Gasteiger partial charge in [0.2, 0.25) is 5.91 Å². The van der Waals surface area contributed by atoms with Crippen molar-refractivity contribution in [3.8, 4) is 5.69 Å². The van der Waals surface area contributed by atoms with Gasteiger partial charge >= 0.3 is 0 Å². The first-order valence-electron chi connectivity index (χ1n) is 8.32. The predicted molar refractivity (Wildman–Crippen MR) is 113 cm³/mol. The second-order valence-electron chi connectivity index (χ2n) is 6.13. The Morgan fingerprint density at radius 3 is 2.79 bits per heavy atom. The Bertz CT molecular complexity index is 1050. The molecule has 0 saturated heterocycles. The van der Waals surface area contributed by atoms with Gasteiger partial charge in [-0.25, -0.2) is 4.98 Å². The third-order valence-electron chi connectivity index (χ3n) is 4.00. The first kappa shape index (κ1) is 20.1. The molecule has 3 rings (SSSR count). The van der Waals surface area contributed by atoms with E-state index in [9.17, 15) is 14.9 Å². The molecule has 0 aliphatic carbocycles. The van der Waals surface area contributed by atoms with Crippen molar-refractivity contribution in [3.05, 3.63) is 74.5 Å². The molecule has 144 valence electrons. The van der Waals surface area contributed by atoms with Crippen LogP contribution in [0.3, 0.4) is 0 Å². The van der Waals surface area contributed by atoms with Gasteiger partial charge in [0.15, 0.2) is 5.16 Å². The molecule has 28 heavy (non-hydrogen) atoms. The largest absolute Gasteiger partial charge is 0.324 e. The van der Waals surface area contributed by atoms with E-state index in [1.165, 1.54) is 30.0 Å². The molecule has 0 unspecified atom stereocenters. The van der Waals surface area contributed by atoms with Crippen molar-refractivity contribution in [1.82, 2.24) is 9.55 Å². The van der Waals surface area contributed by atoms with Gasteiger partial charge in [-0.1, -0.05) is 23.9 Å². The van der Waals surface area contributed by atoms with Crippen LogP contribution in [0.1, 0.15) is 11.1 Å². The fraction of sp³-hybridized carbons (Fsp3) is 0.158. The fourth-order valence-corrected chi connectivity index (χ4v) is 3.83. The molecule has 2 aromatic carbocycles. The summed E-state index contributed by atoms with van der Waals surface area (Å²) in [6.07, 6.45) is 3.57. The van der Waals surface area contributed by atoms with Gasteiger partial charge in [-0.3, -0.25) is 19.5 Å². The molecular formula is C19H17BrN4O3S. The van der Waals surface area contributed by atoms with E-state index in [0.29, 0.717) is 15.3 Å². The van der Waals surface area contributed by atoms with Crippen LogP contribution < -0.4 is 5.32 Å². The van der Waals surface area contributed by atoms with E-state index in [-0.39, 0.29) is 17.3 Å². The number of carbonyl (C=O) groups excluding carboxylic acids is 1. The van der Waals surface area contributed by atoms with Gasteiger partial charge in [0.05, 0.1) is 22.1 Å². The summed E-state index contributed by atoms with van der Waals surface area (Å²) in [6, 6.07) is 10.4. The Labute approximate surface area is 174 Å². The minimum absolute atomic E-state index is 0.0465. The Morgan fingerprint density at radius 1 is 1.29 bits per heavy atom. The molecule has 1 N–H and O–H groups in total. The molecule has 0 bridgehead atoms. The molecule has 1 amide bonds. The minimum atomic E-state index is -0.487. The van der Waals surface area contributed by atoms with Crippen LogP contribution in [0.15, 0.2) is 58.4 Å². The molecule has 0 aliphatic heterocycles. The van der Waals surface area contributed by atoms with Crippen LogP contribution in [0.2, 0.25) is 0 Å². The summed E-state index contributed by atoms with van der Waals surface area (Å²) in [7, 11) is 0. The molecule has 0 fully saturated rings. The highest BCUT2D eigenvalue weighted by Gasteiger charge is 2.14. The van der Waals surface area contributed by atoms with Crippen LogP contribution in [0, 0.1) is 24.0 Å². The van der Waals surface area contributed by atoms with Crippen molar-refractivity contribution in [1.29, 1.82) is 0 Å². The van der Waals surface area contributed by atoms with E-state index in [2.05, 4.69) is 44.4 Å². The normalized spacial score (nSPS) is 10.7. The van der Waals surface area contributed by atoms with Crippen LogP contribution in [0.5, 0.6) is 0 Å². The van der Waals surface area contributed by atoms with Gasteiger partial charge in [0.1, 0.15) is 0 Å². The van der Waals surface area contributed by atoms with Crippen LogP contribution in [-0.2, 0) is 4.79 Å². The average Bonchev–Trinajstić information content (AvgIpc) is 3.12. The van der Waals surface area contributed by atoms with Gasteiger partial charge in [-0.2, -0.15) is 0 Å². The van der Waals surface area contributed by atoms with Crippen LogP contribution >= 0.6 is 27.7 Å². The highest BCUT2D eigenvalue weighted by Crippen LogP contribution is 2.28. The van der Waals surface area contributed by atoms with E-state index in [1.54, 1.807) is 6.20 Å². The summed E-state index contributed by atoms with van der Waals surface area (Å²) in [6.45, 7) is 4.06. The maximum atomic E-state index is 12.3. The number of nitrogens with one attached hydrogen (secondary N) is 1. The average molecular weight is 461 g/mol. The number of nitrogens with zero attached hydrogens (tertiary/aromatic N) is 3.